The van der Waals surface area contributed by atoms with Gasteiger partial charge in [-0.3, -0.25) is 14.9 Å². The predicted octanol–water partition coefficient (Wildman–Crippen LogP) is 0.891. The number of nitrogens with one attached hydrogen (secondary N) is 1. The molecule has 0 aliphatic carbocycles. The van der Waals surface area contributed by atoms with E-state index in [1.54, 1.807) is 0 Å². The Morgan fingerprint density at radius 3 is 2.82 bits per heavy atom. The number of nitrogens with zero attached hydrogens (tertiary/aromatic N) is 1. The Labute approximate surface area is 97.7 Å². The van der Waals surface area contributed by atoms with Crippen molar-refractivity contribution in [3.05, 3.63) is 28.3 Å². The van der Waals surface area contributed by atoms with Gasteiger partial charge in [-0.05, 0) is 6.07 Å². The van der Waals surface area contributed by atoms with Crippen LogP contribution < -0.4 is 15.8 Å². The van der Waals surface area contributed by atoms with Crippen molar-refractivity contribution in [1.29, 1.82) is 0 Å². The lowest BCUT2D eigenvalue weighted by Gasteiger charge is -2.10. The fourth-order valence-electron chi connectivity index (χ4n) is 1.21. The van der Waals surface area contributed by atoms with Crippen molar-refractivity contribution in [3.63, 3.8) is 0 Å². The molecule has 17 heavy (non-hydrogen) atoms. The molecule has 0 radical (unpaired) electrons. The van der Waals surface area contributed by atoms with Gasteiger partial charge in [0.2, 0.25) is 5.91 Å². The zero-order valence-electron chi connectivity index (χ0n) is 9.30. The normalized spacial score (nSPS) is 9.76. The average Bonchev–Trinajstić information content (AvgIpc) is 2.26. The van der Waals surface area contributed by atoms with E-state index in [-0.39, 0.29) is 23.9 Å². The van der Waals surface area contributed by atoms with Crippen molar-refractivity contribution in [2.24, 2.45) is 5.73 Å². The van der Waals surface area contributed by atoms with Crippen LogP contribution >= 0.6 is 0 Å². The van der Waals surface area contributed by atoms with Crippen LogP contribution in [0.3, 0.4) is 0 Å². The van der Waals surface area contributed by atoms with Crippen molar-refractivity contribution in [2.75, 3.05) is 18.5 Å². The lowest BCUT2D eigenvalue weighted by Crippen LogP contribution is -2.13. The molecular formula is C10H13N3O4. The Morgan fingerprint density at radius 1 is 1.59 bits per heavy atom. The summed E-state index contributed by atoms with van der Waals surface area (Å²) in [6, 6.07) is 3.98. The number of hydrogen-bond acceptors (Lipinski definition) is 5. The van der Waals surface area contributed by atoms with Crippen molar-refractivity contribution >= 4 is 17.3 Å². The number of carbonyl (C=O) groups excluding carboxylic acids is 1. The molecule has 0 unspecified atom stereocenters. The molecule has 0 saturated carbocycles. The summed E-state index contributed by atoms with van der Waals surface area (Å²) in [5.74, 6) is 0.0272. The lowest BCUT2D eigenvalue weighted by molar-refractivity contribution is -0.384. The third-order valence-electron chi connectivity index (χ3n) is 1.86. The zero-order chi connectivity index (χ0) is 12.8. The molecule has 1 rings (SSSR count). The maximum atomic E-state index is 11.0. The molecule has 1 amide bonds. The zero-order valence-corrected chi connectivity index (χ0v) is 9.30. The van der Waals surface area contributed by atoms with Gasteiger partial charge in [0.05, 0.1) is 10.6 Å². The molecule has 3 N–H and O–H groups in total. The van der Waals surface area contributed by atoms with E-state index in [0.29, 0.717) is 12.3 Å². The van der Waals surface area contributed by atoms with Crippen LogP contribution in [0.5, 0.6) is 5.75 Å². The molecule has 0 spiro atoms. The second kappa shape index (κ2) is 5.80. The summed E-state index contributed by atoms with van der Waals surface area (Å²) in [5, 5.41) is 13.1. The summed E-state index contributed by atoms with van der Waals surface area (Å²) in [6.45, 7) is 1.90. The Balaban J connectivity index is 3.02. The van der Waals surface area contributed by atoms with Crippen LogP contribution in [0, 0.1) is 10.1 Å². The Kier molecular flexibility index (Phi) is 4.41. The number of ether oxygens (including phenoxy) is 1. The first kappa shape index (κ1) is 12.9. The number of hydrogen-bond donors (Lipinski definition) is 2. The maximum absolute atomic E-state index is 11.0. The third kappa shape index (κ3) is 3.72. The fraction of sp³-hybridized carbons (Fsp3) is 0.300. The van der Waals surface area contributed by atoms with Crippen LogP contribution in [0.4, 0.5) is 11.4 Å². The van der Waals surface area contributed by atoms with Gasteiger partial charge >= 0.3 is 0 Å². The smallest absolute Gasteiger partial charge is 0.271 e. The summed E-state index contributed by atoms with van der Waals surface area (Å²) in [7, 11) is 0. The number of non-ortho nitro benzene ring substituents is 1. The molecule has 7 nitrogen and oxygen atoms in total. The maximum Gasteiger partial charge on any atom is 0.271 e. The quantitative estimate of drug-likeness (QED) is 0.586. The van der Waals surface area contributed by atoms with E-state index >= 15 is 0 Å². The van der Waals surface area contributed by atoms with E-state index in [1.165, 1.54) is 25.1 Å². The van der Waals surface area contributed by atoms with Crippen LogP contribution in [0.25, 0.3) is 0 Å². The molecule has 1 aromatic rings. The van der Waals surface area contributed by atoms with Gasteiger partial charge in [0.15, 0.2) is 0 Å². The summed E-state index contributed by atoms with van der Waals surface area (Å²) >= 11 is 0. The molecule has 7 heteroatoms. The van der Waals surface area contributed by atoms with Gasteiger partial charge in [0, 0.05) is 25.6 Å². The van der Waals surface area contributed by atoms with Crippen molar-refractivity contribution in [3.8, 4) is 5.75 Å². The number of amides is 1. The second-order valence-corrected chi connectivity index (χ2v) is 3.26. The highest BCUT2D eigenvalue weighted by atomic mass is 16.6. The molecule has 92 valence electrons. The summed E-state index contributed by atoms with van der Waals surface area (Å²) in [5.41, 5.74) is 5.43. The number of nitro benzene ring substituents is 1. The van der Waals surface area contributed by atoms with Gasteiger partial charge in [-0.2, -0.15) is 0 Å². The highest BCUT2D eigenvalue weighted by Gasteiger charge is 2.12. The monoisotopic (exact) mass is 239 g/mol. The Bertz CT molecular complexity index is 434. The van der Waals surface area contributed by atoms with Crippen LogP contribution in [0.15, 0.2) is 18.2 Å². The highest BCUT2D eigenvalue weighted by molar-refractivity contribution is 5.90. The minimum Gasteiger partial charge on any atom is -0.490 e. The summed E-state index contributed by atoms with van der Waals surface area (Å²) in [6.07, 6.45) is 0. The largest absolute Gasteiger partial charge is 0.490 e. The number of benzene rings is 1. The molecule has 0 heterocycles. The molecule has 0 aromatic heterocycles. The first-order valence-electron chi connectivity index (χ1n) is 4.93. The van der Waals surface area contributed by atoms with Crippen LogP contribution in [0.2, 0.25) is 0 Å². The molecule has 0 atom stereocenters. The number of rotatable bonds is 5. The minimum atomic E-state index is -0.544. The fourth-order valence-corrected chi connectivity index (χ4v) is 1.21. The Hall–Kier alpha value is -2.15. The van der Waals surface area contributed by atoms with Crippen molar-refractivity contribution in [1.82, 2.24) is 0 Å². The van der Waals surface area contributed by atoms with Crippen LogP contribution in [-0.4, -0.2) is 24.0 Å². The SMILES string of the molecule is CC(=O)Nc1cc([N+](=O)[O-])ccc1OCCN. The van der Waals surface area contributed by atoms with Crippen LogP contribution in [0.1, 0.15) is 6.92 Å². The third-order valence-corrected chi connectivity index (χ3v) is 1.86. The molecule has 0 saturated heterocycles. The van der Waals surface area contributed by atoms with Crippen molar-refractivity contribution in [2.45, 2.75) is 6.92 Å². The minimum absolute atomic E-state index is 0.117. The number of anilines is 1. The van der Waals surface area contributed by atoms with E-state index < -0.39 is 4.92 Å². The van der Waals surface area contributed by atoms with E-state index in [4.69, 9.17) is 10.5 Å². The Morgan fingerprint density at radius 2 is 2.29 bits per heavy atom. The lowest BCUT2D eigenvalue weighted by atomic mass is 10.2. The van der Waals surface area contributed by atoms with E-state index in [9.17, 15) is 14.9 Å². The van der Waals surface area contributed by atoms with Gasteiger partial charge in [-0.15, -0.1) is 0 Å². The molecule has 1 aromatic carbocycles. The standard InChI is InChI=1S/C10H13N3O4/c1-7(14)12-9-6-8(13(15)16)2-3-10(9)17-5-4-11/h2-3,6H,4-5,11H2,1H3,(H,12,14). The molecule has 0 bridgehead atoms. The number of nitrogens with two attached hydrogens (primary N) is 1. The van der Waals surface area contributed by atoms with Gasteiger partial charge in [0.1, 0.15) is 12.4 Å². The van der Waals surface area contributed by atoms with Gasteiger partial charge in [-0.1, -0.05) is 0 Å². The topological polar surface area (TPSA) is 107 Å². The molecule has 0 aliphatic rings. The predicted molar refractivity (Wildman–Crippen MR) is 61.9 cm³/mol. The highest BCUT2D eigenvalue weighted by Crippen LogP contribution is 2.29. The van der Waals surface area contributed by atoms with E-state index in [0.717, 1.165) is 0 Å². The summed E-state index contributed by atoms with van der Waals surface area (Å²) < 4.78 is 5.26. The molecule has 0 fully saturated rings. The summed E-state index contributed by atoms with van der Waals surface area (Å²) in [4.78, 5) is 21.0. The molecular weight excluding hydrogens is 226 g/mol. The van der Waals surface area contributed by atoms with Gasteiger partial charge in [0.25, 0.3) is 5.69 Å². The number of carbonyl (C=O) groups is 1. The van der Waals surface area contributed by atoms with E-state index in [1.807, 2.05) is 0 Å². The second-order valence-electron chi connectivity index (χ2n) is 3.26. The van der Waals surface area contributed by atoms with E-state index in [2.05, 4.69) is 5.32 Å². The van der Waals surface area contributed by atoms with Crippen LogP contribution in [-0.2, 0) is 4.79 Å². The van der Waals surface area contributed by atoms with Gasteiger partial charge < -0.3 is 15.8 Å². The average molecular weight is 239 g/mol. The first-order chi connectivity index (χ1) is 8.04. The molecule has 0 aliphatic heterocycles. The van der Waals surface area contributed by atoms with Gasteiger partial charge in [-0.25, -0.2) is 0 Å². The first-order valence-corrected chi connectivity index (χ1v) is 4.93. The number of nitro groups is 1. The van der Waals surface area contributed by atoms with Crippen molar-refractivity contribution < 1.29 is 14.5 Å².